The molecule has 6 heteroatoms. The third kappa shape index (κ3) is 12.4. The van der Waals surface area contributed by atoms with Crippen LogP contribution in [0.4, 0.5) is 0 Å². The average molecular weight is 607 g/mol. The first-order valence-electron chi connectivity index (χ1n) is 16.9. The highest BCUT2D eigenvalue weighted by Crippen LogP contribution is 2.42. The van der Waals surface area contributed by atoms with Gasteiger partial charge in [-0.05, 0) is 53.4 Å². The second kappa shape index (κ2) is 19.9. The molecule has 0 amide bonds. The molecule has 6 nitrogen and oxygen atoms in total. The van der Waals surface area contributed by atoms with Gasteiger partial charge >= 0.3 is 11.9 Å². The lowest BCUT2D eigenvalue weighted by molar-refractivity contribution is -0.148. The smallest absolute Gasteiger partial charge is 0.306 e. The van der Waals surface area contributed by atoms with Gasteiger partial charge in [-0.15, -0.1) is 0 Å². The molecule has 44 heavy (non-hydrogen) atoms. The molecular weight excluding hydrogens is 552 g/mol. The fraction of sp³-hybridized carbons (Fsp3) is 0.579. The van der Waals surface area contributed by atoms with E-state index in [4.69, 9.17) is 18.9 Å². The van der Waals surface area contributed by atoms with E-state index in [1.54, 1.807) is 0 Å². The monoisotopic (exact) mass is 606 g/mol. The highest BCUT2D eigenvalue weighted by molar-refractivity contribution is 6.11. The quantitative estimate of drug-likeness (QED) is 0.0644. The molecule has 0 atom stereocenters. The maximum absolute atomic E-state index is 11.7. The second-order valence-electron chi connectivity index (χ2n) is 12.3. The molecule has 0 unspecified atom stereocenters. The topological polar surface area (TPSA) is 71.1 Å². The Bertz CT molecular complexity index is 1130. The van der Waals surface area contributed by atoms with Crippen LogP contribution < -0.4 is 9.47 Å². The Balaban J connectivity index is 1.45. The number of esters is 2. The molecular formula is C38H54O6. The molecule has 0 heterocycles. The first-order valence-corrected chi connectivity index (χ1v) is 16.9. The number of unbranched alkanes of at least 4 members (excludes halogenated alkanes) is 10. The zero-order valence-corrected chi connectivity index (χ0v) is 27.5. The standard InChI is InChI=1S/C38H54O6/c1-29(2)43-35(39)25-13-9-5-7-11-19-27-41-37-31-21-15-17-23-33(31)38(34-24-18-16-22-32(34)37)42-28-20-12-8-6-10-14-26-36(40)44-30(3)4/h15-18,21-24,29-30H,5-14,19-20,25-28H2,1-4H3. The molecule has 0 aliphatic carbocycles. The molecule has 3 aromatic carbocycles. The van der Waals surface area contributed by atoms with Gasteiger partial charge in [0.1, 0.15) is 11.5 Å². The number of fused-ring (bicyclic) bond motifs is 2. The Kier molecular flexibility index (Phi) is 15.9. The van der Waals surface area contributed by atoms with Crippen molar-refractivity contribution in [2.24, 2.45) is 0 Å². The Labute approximate surface area is 264 Å². The van der Waals surface area contributed by atoms with E-state index in [1.165, 1.54) is 0 Å². The zero-order valence-electron chi connectivity index (χ0n) is 27.5. The van der Waals surface area contributed by atoms with Gasteiger partial charge in [0.25, 0.3) is 0 Å². The largest absolute Gasteiger partial charge is 0.492 e. The summed E-state index contributed by atoms with van der Waals surface area (Å²) in [6, 6.07) is 16.8. The molecule has 3 aromatic rings. The molecule has 0 fully saturated rings. The van der Waals surface area contributed by atoms with Crippen LogP contribution in [0, 0.1) is 0 Å². The minimum Gasteiger partial charge on any atom is -0.492 e. The molecule has 3 rings (SSSR count). The van der Waals surface area contributed by atoms with Crippen LogP contribution in [-0.2, 0) is 19.1 Å². The van der Waals surface area contributed by atoms with Crippen molar-refractivity contribution < 1.29 is 28.5 Å². The summed E-state index contributed by atoms with van der Waals surface area (Å²) < 4.78 is 23.3. The van der Waals surface area contributed by atoms with E-state index in [0.29, 0.717) is 26.1 Å². The number of ether oxygens (including phenoxy) is 4. The van der Waals surface area contributed by atoms with E-state index in [-0.39, 0.29) is 24.1 Å². The fourth-order valence-electron chi connectivity index (χ4n) is 5.51. The molecule has 0 aliphatic heterocycles. The van der Waals surface area contributed by atoms with E-state index in [2.05, 4.69) is 48.5 Å². The van der Waals surface area contributed by atoms with E-state index in [9.17, 15) is 9.59 Å². The fourth-order valence-corrected chi connectivity index (χ4v) is 5.51. The van der Waals surface area contributed by atoms with Crippen LogP contribution in [0.2, 0.25) is 0 Å². The lowest BCUT2D eigenvalue weighted by Crippen LogP contribution is -2.10. The average Bonchev–Trinajstić information content (AvgIpc) is 2.99. The van der Waals surface area contributed by atoms with Gasteiger partial charge in [0.05, 0.1) is 25.4 Å². The summed E-state index contributed by atoms with van der Waals surface area (Å²) in [6.07, 6.45) is 13.6. The summed E-state index contributed by atoms with van der Waals surface area (Å²) in [6.45, 7) is 8.90. The Morgan fingerprint density at radius 1 is 0.477 bits per heavy atom. The van der Waals surface area contributed by atoms with Gasteiger partial charge in [0.2, 0.25) is 0 Å². The number of carbonyl (C=O) groups is 2. The highest BCUT2D eigenvalue weighted by Gasteiger charge is 2.16. The van der Waals surface area contributed by atoms with Crippen molar-refractivity contribution in [1.82, 2.24) is 0 Å². The van der Waals surface area contributed by atoms with Gasteiger partial charge in [-0.3, -0.25) is 9.59 Å². The highest BCUT2D eigenvalue weighted by atomic mass is 16.5. The SMILES string of the molecule is CC(C)OC(=O)CCCCCCCCOc1c2ccccc2c(OCCCCCCCCC(=O)OC(C)C)c2ccccc12. The molecule has 0 N–H and O–H groups in total. The minimum atomic E-state index is -0.0881. The van der Waals surface area contributed by atoms with Crippen molar-refractivity contribution in [3.63, 3.8) is 0 Å². The Morgan fingerprint density at radius 2 is 0.773 bits per heavy atom. The molecule has 0 spiro atoms. The van der Waals surface area contributed by atoms with E-state index in [0.717, 1.165) is 110 Å². The summed E-state index contributed by atoms with van der Waals surface area (Å²) in [7, 11) is 0. The number of hydrogen-bond donors (Lipinski definition) is 0. The zero-order chi connectivity index (χ0) is 31.6. The van der Waals surface area contributed by atoms with Crippen molar-refractivity contribution in [1.29, 1.82) is 0 Å². The molecule has 0 saturated carbocycles. The summed E-state index contributed by atoms with van der Waals surface area (Å²) in [5.41, 5.74) is 0. The molecule has 242 valence electrons. The van der Waals surface area contributed by atoms with Crippen molar-refractivity contribution >= 4 is 33.5 Å². The van der Waals surface area contributed by atoms with Gasteiger partial charge in [0.15, 0.2) is 0 Å². The van der Waals surface area contributed by atoms with Crippen LogP contribution in [0.1, 0.15) is 118 Å². The third-order valence-corrected chi connectivity index (χ3v) is 7.61. The third-order valence-electron chi connectivity index (χ3n) is 7.61. The number of benzene rings is 3. The molecule has 0 radical (unpaired) electrons. The van der Waals surface area contributed by atoms with Crippen LogP contribution in [-0.4, -0.2) is 37.4 Å². The van der Waals surface area contributed by atoms with Crippen molar-refractivity contribution in [3.8, 4) is 11.5 Å². The van der Waals surface area contributed by atoms with Crippen LogP contribution in [0.5, 0.6) is 11.5 Å². The summed E-state index contributed by atoms with van der Waals surface area (Å²) in [5.74, 6) is 1.69. The van der Waals surface area contributed by atoms with Crippen LogP contribution in [0.15, 0.2) is 48.5 Å². The Hall–Kier alpha value is -3.28. The summed E-state index contributed by atoms with van der Waals surface area (Å²) in [4.78, 5) is 23.3. The van der Waals surface area contributed by atoms with Gasteiger partial charge in [0, 0.05) is 34.4 Å². The number of hydrogen-bond acceptors (Lipinski definition) is 6. The van der Waals surface area contributed by atoms with Gasteiger partial charge < -0.3 is 18.9 Å². The van der Waals surface area contributed by atoms with E-state index < -0.39 is 0 Å². The predicted octanol–water partition coefficient (Wildman–Crippen LogP) is 10.1. The molecule has 0 aromatic heterocycles. The minimum absolute atomic E-state index is 0.0346. The molecule has 0 bridgehead atoms. The van der Waals surface area contributed by atoms with E-state index in [1.807, 2.05) is 27.7 Å². The maximum Gasteiger partial charge on any atom is 0.306 e. The maximum atomic E-state index is 11.7. The summed E-state index contributed by atoms with van der Waals surface area (Å²) >= 11 is 0. The Morgan fingerprint density at radius 3 is 1.09 bits per heavy atom. The van der Waals surface area contributed by atoms with Gasteiger partial charge in [-0.25, -0.2) is 0 Å². The normalized spacial score (nSPS) is 11.4. The van der Waals surface area contributed by atoms with Crippen molar-refractivity contribution in [3.05, 3.63) is 48.5 Å². The second-order valence-corrected chi connectivity index (χ2v) is 12.3. The van der Waals surface area contributed by atoms with Crippen molar-refractivity contribution in [2.45, 2.75) is 130 Å². The molecule has 0 saturated heterocycles. The van der Waals surface area contributed by atoms with Crippen molar-refractivity contribution in [2.75, 3.05) is 13.2 Å². The van der Waals surface area contributed by atoms with Gasteiger partial charge in [-0.1, -0.05) is 99.9 Å². The lowest BCUT2D eigenvalue weighted by atomic mass is 10.0. The predicted molar refractivity (Wildman–Crippen MR) is 180 cm³/mol. The summed E-state index contributed by atoms with van der Waals surface area (Å²) in [5, 5.41) is 4.35. The number of carbonyl (C=O) groups excluding carboxylic acids is 2. The number of rotatable bonds is 22. The van der Waals surface area contributed by atoms with Crippen LogP contribution in [0.3, 0.4) is 0 Å². The lowest BCUT2D eigenvalue weighted by Gasteiger charge is -2.18. The van der Waals surface area contributed by atoms with Crippen LogP contribution in [0.25, 0.3) is 21.5 Å². The first kappa shape index (κ1) is 35.2. The van der Waals surface area contributed by atoms with Crippen LogP contribution >= 0.6 is 0 Å². The van der Waals surface area contributed by atoms with E-state index >= 15 is 0 Å². The molecule has 0 aliphatic rings. The first-order chi connectivity index (χ1) is 21.4. The van der Waals surface area contributed by atoms with Gasteiger partial charge in [-0.2, -0.15) is 0 Å².